The Morgan fingerprint density at radius 2 is 2.08 bits per heavy atom. The topological polar surface area (TPSA) is 30.0 Å². The fourth-order valence-corrected chi connectivity index (χ4v) is 1.94. The quantitative estimate of drug-likeness (QED) is 0.787. The van der Waals surface area contributed by atoms with Gasteiger partial charge in [0, 0.05) is 16.9 Å². The molecule has 1 aromatic rings. The van der Waals surface area contributed by atoms with E-state index in [9.17, 15) is 17.4 Å². The van der Waals surface area contributed by atoms with Crippen molar-refractivity contribution in [1.82, 2.24) is 4.98 Å². The highest BCUT2D eigenvalue weighted by Gasteiger charge is 2.39. The minimum atomic E-state index is -4.74. The van der Waals surface area contributed by atoms with Crippen LogP contribution in [0, 0.1) is 0 Å². The molecular formula is C6H3BrF3NOS. The van der Waals surface area contributed by atoms with E-state index in [4.69, 9.17) is 0 Å². The lowest BCUT2D eigenvalue weighted by Crippen LogP contribution is -2.16. The highest BCUT2D eigenvalue weighted by atomic mass is 79.9. The molecule has 0 amide bonds. The Morgan fingerprint density at radius 1 is 1.46 bits per heavy atom. The third-order valence-electron chi connectivity index (χ3n) is 1.14. The zero-order chi connectivity index (χ0) is 10.1. The van der Waals surface area contributed by atoms with Gasteiger partial charge in [-0.25, -0.2) is 4.21 Å². The van der Waals surface area contributed by atoms with Gasteiger partial charge in [0.15, 0.2) is 10.8 Å². The Bertz CT molecular complexity index is 341. The summed E-state index contributed by atoms with van der Waals surface area (Å²) in [6, 6.07) is 1.30. The molecule has 1 aromatic heterocycles. The van der Waals surface area contributed by atoms with Crippen LogP contribution in [0.1, 0.15) is 0 Å². The first-order valence-electron chi connectivity index (χ1n) is 3.01. The second kappa shape index (κ2) is 3.75. The van der Waals surface area contributed by atoms with E-state index in [1.807, 2.05) is 0 Å². The minimum absolute atomic E-state index is 0.137. The van der Waals surface area contributed by atoms with E-state index in [0.29, 0.717) is 0 Å². The van der Waals surface area contributed by atoms with Crippen LogP contribution in [-0.2, 0) is 10.8 Å². The summed E-state index contributed by atoms with van der Waals surface area (Å²) in [5, 5.41) is 0. The van der Waals surface area contributed by atoms with Gasteiger partial charge in [-0.1, -0.05) is 0 Å². The van der Waals surface area contributed by atoms with Crippen molar-refractivity contribution in [3.63, 3.8) is 0 Å². The molecule has 0 radical (unpaired) electrons. The van der Waals surface area contributed by atoms with E-state index in [0.717, 1.165) is 6.20 Å². The molecule has 13 heavy (non-hydrogen) atoms. The summed E-state index contributed by atoms with van der Waals surface area (Å²) in [5.41, 5.74) is -4.74. The molecule has 1 rings (SSSR count). The second-order valence-electron chi connectivity index (χ2n) is 2.02. The van der Waals surface area contributed by atoms with Crippen molar-refractivity contribution in [3.8, 4) is 0 Å². The van der Waals surface area contributed by atoms with Crippen molar-refractivity contribution >= 4 is 26.7 Å². The van der Waals surface area contributed by atoms with E-state index >= 15 is 0 Å². The molecule has 0 saturated carbocycles. The van der Waals surface area contributed by atoms with Gasteiger partial charge in [-0.2, -0.15) is 13.2 Å². The van der Waals surface area contributed by atoms with Crippen molar-refractivity contribution in [2.24, 2.45) is 0 Å². The summed E-state index contributed by atoms with van der Waals surface area (Å²) < 4.78 is 46.8. The lowest BCUT2D eigenvalue weighted by atomic mass is 10.5. The molecule has 0 bridgehead atoms. The van der Waals surface area contributed by atoms with Gasteiger partial charge in [0.1, 0.15) is 0 Å². The molecule has 7 heteroatoms. The Hall–Kier alpha value is -0.430. The molecule has 0 fully saturated rings. The van der Waals surface area contributed by atoms with Gasteiger partial charge in [0.2, 0.25) is 0 Å². The molecule has 0 aromatic carbocycles. The molecule has 72 valence electrons. The lowest BCUT2D eigenvalue weighted by molar-refractivity contribution is -0.0385. The average Bonchev–Trinajstić information content (AvgIpc) is 2.02. The summed E-state index contributed by atoms with van der Waals surface area (Å²) in [5.74, 6) is 0. The Labute approximate surface area is 82.8 Å². The second-order valence-corrected chi connectivity index (χ2v) is 4.32. The number of pyridine rings is 1. The predicted octanol–water partition coefficient (Wildman–Crippen LogP) is 2.47. The number of nitrogens with zero attached hydrogens (tertiary/aromatic N) is 1. The van der Waals surface area contributed by atoms with Gasteiger partial charge in [0.25, 0.3) is 0 Å². The summed E-state index contributed by atoms with van der Waals surface area (Å²) in [6.07, 6.45) is 2.23. The molecule has 0 saturated heterocycles. The summed E-state index contributed by atoms with van der Waals surface area (Å²) in [6.45, 7) is 0. The lowest BCUT2D eigenvalue weighted by Gasteiger charge is -2.06. The maximum atomic E-state index is 12.0. The Kier molecular flexibility index (Phi) is 3.07. The van der Waals surface area contributed by atoms with Crippen LogP contribution >= 0.6 is 15.9 Å². The smallest absolute Gasteiger partial charge is 0.263 e. The molecule has 0 unspecified atom stereocenters. The van der Waals surface area contributed by atoms with E-state index < -0.39 is 16.3 Å². The normalized spacial score (nSPS) is 14.2. The fourth-order valence-electron chi connectivity index (χ4n) is 0.624. The van der Waals surface area contributed by atoms with E-state index in [2.05, 4.69) is 20.9 Å². The van der Waals surface area contributed by atoms with Gasteiger partial charge in [-0.15, -0.1) is 0 Å². The Balaban J connectivity index is 3.10. The first-order chi connectivity index (χ1) is 5.93. The van der Waals surface area contributed by atoms with Crippen molar-refractivity contribution in [1.29, 1.82) is 0 Å². The van der Waals surface area contributed by atoms with E-state index in [-0.39, 0.29) is 9.37 Å². The van der Waals surface area contributed by atoms with Crippen molar-refractivity contribution in [3.05, 3.63) is 22.9 Å². The number of hydrogen-bond acceptors (Lipinski definition) is 2. The fraction of sp³-hybridized carbons (Fsp3) is 0.167. The number of aromatic nitrogens is 1. The monoisotopic (exact) mass is 273 g/mol. The average molecular weight is 274 g/mol. The van der Waals surface area contributed by atoms with Gasteiger partial charge >= 0.3 is 5.51 Å². The number of halogens is 4. The summed E-state index contributed by atoms with van der Waals surface area (Å²) >= 11 is 2.86. The molecule has 0 aliphatic heterocycles. The first kappa shape index (κ1) is 10.6. The van der Waals surface area contributed by atoms with Crippen molar-refractivity contribution in [2.45, 2.75) is 10.4 Å². The highest BCUT2D eigenvalue weighted by Crippen LogP contribution is 2.29. The Morgan fingerprint density at radius 3 is 2.54 bits per heavy atom. The third kappa shape index (κ3) is 2.50. The van der Waals surface area contributed by atoms with Crippen LogP contribution in [0.4, 0.5) is 13.2 Å². The number of alkyl halides is 3. The molecule has 0 N–H and O–H groups in total. The zero-order valence-corrected chi connectivity index (χ0v) is 8.41. The number of rotatable bonds is 1. The van der Waals surface area contributed by atoms with Gasteiger partial charge in [-0.3, -0.25) is 4.98 Å². The molecule has 1 heterocycles. The van der Waals surface area contributed by atoms with Crippen LogP contribution < -0.4 is 0 Å². The SMILES string of the molecule is O=[S@](c1cnccc1Br)C(F)(F)F. The number of hydrogen-bond donors (Lipinski definition) is 0. The zero-order valence-electron chi connectivity index (χ0n) is 6.01. The van der Waals surface area contributed by atoms with Gasteiger partial charge < -0.3 is 0 Å². The van der Waals surface area contributed by atoms with Crippen LogP contribution in [0.3, 0.4) is 0 Å². The predicted molar refractivity (Wildman–Crippen MR) is 44.4 cm³/mol. The third-order valence-corrected chi connectivity index (χ3v) is 3.24. The molecule has 0 aliphatic rings. The van der Waals surface area contributed by atoms with Crippen LogP contribution in [0.2, 0.25) is 0 Å². The molecular weight excluding hydrogens is 271 g/mol. The largest absolute Gasteiger partial charge is 0.475 e. The minimum Gasteiger partial charge on any atom is -0.263 e. The maximum Gasteiger partial charge on any atom is 0.475 e. The summed E-state index contributed by atoms with van der Waals surface area (Å²) in [4.78, 5) is 3.09. The molecule has 0 spiro atoms. The standard InChI is InChI=1S/C6H3BrF3NOS/c7-4-1-2-11-3-5(4)13(12)6(8,9)10/h1-3H/t13-/m1/s1. The molecule has 2 nitrogen and oxygen atoms in total. The molecule has 0 aliphatic carbocycles. The van der Waals surface area contributed by atoms with Crippen molar-refractivity contribution in [2.75, 3.05) is 0 Å². The van der Waals surface area contributed by atoms with E-state index in [1.54, 1.807) is 0 Å². The highest BCUT2D eigenvalue weighted by molar-refractivity contribution is 9.10. The van der Waals surface area contributed by atoms with Gasteiger partial charge in [0.05, 0.1) is 4.90 Å². The van der Waals surface area contributed by atoms with Crippen LogP contribution in [-0.4, -0.2) is 14.7 Å². The van der Waals surface area contributed by atoms with Crippen LogP contribution in [0.15, 0.2) is 27.8 Å². The van der Waals surface area contributed by atoms with Crippen LogP contribution in [0.25, 0.3) is 0 Å². The summed E-state index contributed by atoms with van der Waals surface area (Å²) in [7, 11) is -3.02. The van der Waals surface area contributed by atoms with Gasteiger partial charge in [-0.05, 0) is 22.0 Å². The maximum absolute atomic E-state index is 12.0. The van der Waals surface area contributed by atoms with Crippen LogP contribution in [0.5, 0.6) is 0 Å². The molecule has 1 atom stereocenters. The van der Waals surface area contributed by atoms with Crippen molar-refractivity contribution < 1.29 is 17.4 Å². The van der Waals surface area contributed by atoms with E-state index in [1.165, 1.54) is 12.3 Å². The first-order valence-corrected chi connectivity index (χ1v) is 4.95.